The molecule has 0 N–H and O–H groups in total. The van der Waals surface area contributed by atoms with Crippen molar-refractivity contribution in [3.8, 4) is 5.75 Å². The number of rotatable bonds is 3. The summed E-state index contributed by atoms with van der Waals surface area (Å²) in [6.45, 7) is 1.97. The molecule has 0 saturated heterocycles. The van der Waals surface area contributed by atoms with Crippen LogP contribution in [0.4, 0.5) is 0 Å². The molecular formula is C10H10Cl2O3. The molecule has 0 fully saturated rings. The molecule has 0 aliphatic heterocycles. The average molecular weight is 249 g/mol. The molecule has 0 aliphatic rings. The van der Waals surface area contributed by atoms with Crippen LogP contribution in [0.15, 0.2) is 12.1 Å². The third kappa shape index (κ3) is 2.55. The summed E-state index contributed by atoms with van der Waals surface area (Å²) in [5.74, 6) is -0.157. The molecule has 0 saturated carbocycles. The van der Waals surface area contributed by atoms with Crippen LogP contribution in [-0.2, 0) is 4.74 Å². The predicted molar refractivity (Wildman–Crippen MR) is 59.0 cm³/mol. The van der Waals surface area contributed by atoms with Gasteiger partial charge < -0.3 is 9.47 Å². The van der Waals surface area contributed by atoms with Gasteiger partial charge in [0.1, 0.15) is 11.3 Å². The third-order valence-corrected chi connectivity index (χ3v) is 2.45. The number of hydrogen-bond donors (Lipinski definition) is 0. The molecule has 0 spiro atoms. The van der Waals surface area contributed by atoms with Gasteiger partial charge in [-0.05, 0) is 19.1 Å². The van der Waals surface area contributed by atoms with E-state index in [9.17, 15) is 4.79 Å². The van der Waals surface area contributed by atoms with E-state index >= 15 is 0 Å². The smallest absolute Gasteiger partial charge is 0.341 e. The summed E-state index contributed by atoms with van der Waals surface area (Å²) in [6.07, 6.45) is 0. The Kier molecular flexibility index (Phi) is 4.24. The summed E-state index contributed by atoms with van der Waals surface area (Å²) >= 11 is 11.8. The average Bonchev–Trinajstić information content (AvgIpc) is 2.18. The summed E-state index contributed by atoms with van der Waals surface area (Å²) in [5.41, 5.74) is 0.138. The van der Waals surface area contributed by atoms with Crippen LogP contribution >= 0.6 is 23.2 Å². The van der Waals surface area contributed by atoms with Crippen LogP contribution < -0.4 is 4.74 Å². The van der Waals surface area contributed by atoms with Crippen molar-refractivity contribution in [1.82, 2.24) is 0 Å². The largest absolute Gasteiger partial charge is 0.495 e. The van der Waals surface area contributed by atoms with Gasteiger partial charge in [0, 0.05) is 0 Å². The Labute approximate surface area is 97.9 Å². The molecule has 0 aromatic heterocycles. The number of carbonyl (C=O) groups is 1. The molecule has 0 amide bonds. The first-order valence-corrected chi connectivity index (χ1v) is 5.06. The lowest BCUT2D eigenvalue weighted by Crippen LogP contribution is -2.06. The van der Waals surface area contributed by atoms with Crippen LogP contribution in [0.5, 0.6) is 5.75 Å². The molecule has 15 heavy (non-hydrogen) atoms. The zero-order chi connectivity index (χ0) is 11.4. The Balaban J connectivity index is 3.20. The van der Waals surface area contributed by atoms with Crippen LogP contribution in [0, 0.1) is 0 Å². The fourth-order valence-electron chi connectivity index (χ4n) is 1.08. The van der Waals surface area contributed by atoms with Crippen molar-refractivity contribution < 1.29 is 14.3 Å². The van der Waals surface area contributed by atoms with Crippen LogP contribution in [0.3, 0.4) is 0 Å². The highest BCUT2D eigenvalue weighted by atomic mass is 35.5. The molecule has 82 valence electrons. The lowest BCUT2D eigenvalue weighted by Gasteiger charge is -2.09. The van der Waals surface area contributed by atoms with Crippen molar-refractivity contribution in [2.45, 2.75) is 6.92 Å². The van der Waals surface area contributed by atoms with Crippen molar-refractivity contribution >= 4 is 29.2 Å². The van der Waals surface area contributed by atoms with E-state index in [0.717, 1.165) is 0 Å². The lowest BCUT2D eigenvalue weighted by molar-refractivity contribution is 0.0526. The number of benzene rings is 1. The molecule has 0 atom stereocenters. The van der Waals surface area contributed by atoms with E-state index < -0.39 is 5.97 Å². The first-order chi connectivity index (χ1) is 7.11. The molecule has 1 aromatic rings. The maximum atomic E-state index is 11.5. The van der Waals surface area contributed by atoms with E-state index in [0.29, 0.717) is 5.75 Å². The Morgan fingerprint density at radius 3 is 2.60 bits per heavy atom. The first kappa shape index (κ1) is 12.1. The lowest BCUT2D eigenvalue weighted by atomic mass is 10.2. The summed E-state index contributed by atoms with van der Waals surface area (Å²) in [4.78, 5) is 11.5. The minimum Gasteiger partial charge on any atom is -0.495 e. The second-order valence-electron chi connectivity index (χ2n) is 2.66. The SMILES string of the molecule is CCOC(=O)c1c(Cl)ccc(OC)c1Cl. The molecule has 0 bridgehead atoms. The Morgan fingerprint density at radius 2 is 2.07 bits per heavy atom. The highest BCUT2D eigenvalue weighted by Crippen LogP contribution is 2.33. The summed E-state index contributed by atoms with van der Waals surface area (Å²) in [6, 6.07) is 3.13. The second-order valence-corrected chi connectivity index (χ2v) is 3.44. The van der Waals surface area contributed by atoms with Gasteiger partial charge in [0.15, 0.2) is 0 Å². The van der Waals surface area contributed by atoms with Crippen LogP contribution in [-0.4, -0.2) is 19.7 Å². The standard InChI is InChI=1S/C10H10Cl2O3/c1-3-15-10(13)8-6(11)4-5-7(14-2)9(8)12/h4-5H,3H2,1-2H3. The van der Waals surface area contributed by atoms with Crippen molar-refractivity contribution in [2.24, 2.45) is 0 Å². The van der Waals surface area contributed by atoms with Crippen LogP contribution in [0.2, 0.25) is 10.0 Å². The predicted octanol–water partition coefficient (Wildman–Crippen LogP) is 3.18. The molecule has 1 rings (SSSR count). The van der Waals surface area contributed by atoms with Crippen molar-refractivity contribution in [1.29, 1.82) is 0 Å². The van der Waals surface area contributed by atoms with E-state index in [1.54, 1.807) is 19.1 Å². The monoisotopic (exact) mass is 248 g/mol. The zero-order valence-electron chi connectivity index (χ0n) is 8.34. The molecule has 0 heterocycles. The second kappa shape index (κ2) is 5.24. The van der Waals surface area contributed by atoms with E-state index in [1.165, 1.54) is 7.11 Å². The van der Waals surface area contributed by atoms with E-state index in [4.69, 9.17) is 32.7 Å². The van der Waals surface area contributed by atoms with Crippen molar-refractivity contribution in [3.05, 3.63) is 27.7 Å². The van der Waals surface area contributed by atoms with Crippen molar-refractivity contribution in [3.63, 3.8) is 0 Å². The number of hydrogen-bond acceptors (Lipinski definition) is 3. The minimum absolute atomic E-state index is 0.138. The quantitative estimate of drug-likeness (QED) is 0.771. The highest BCUT2D eigenvalue weighted by Gasteiger charge is 2.19. The van der Waals surface area contributed by atoms with Gasteiger partial charge in [-0.25, -0.2) is 4.79 Å². The molecule has 0 aliphatic carbocycles. The van der Waals surface area contributed by atoms with E-state index in [1.807, 2.05) is 0 Å². The Morgan fingerprint density at radius 1 is 1.40 bits per heavy atom. The van der Waals surface area contributed by atoms with Gasteiger partial charge in [0.2, 0.25) is 0 Å². The molecule has 5 heteroatoms. The maximum absolute atomic E-state index is 11.5. The van der Waals surface area contributed by atoms with Gasteiger partial charge in [-0.3, -0.25) is 0 Å². The normalized spacial score (nSPS) is 9.87. The number of halogens is 2. The van der Waals surface area contributed by atoms with Crippen LogP contribution in [0.1, 0.15) is 17.3 Å². The molecule has 0 radical (unpaired) electrons. The topological polar surface area (TPSA) is 35.5 Å². The highest BCUT2D eigenvalue weighted by molar-refractivity contribution is 6.40. The fourth-order valence-corrected chi connectivity index (χ4v) is 1.68. The summed E-state index contributed by atoms with van der Waals surface area (Å²) in [7, 11) is 1.46. The number of ether oxygens (including phenoxy) is 2. The van der Waals surface area contributed by atoms with Gasteiger partial charge in [0.25, 0.3) is 0 Å². The van der Waals surface area contributed by atoms with Gasteiger partial charge >= 0.3 is 5.97 Å². The summed E-state index contributed by atoms with van der Waals surface area (Å²) in [5, 5.41) is 0.419. The fraction of sp³-hybridized carbons (Fsp3) is 0.300. The van der Waals surface area contributed by atoms with Gasteiger partial charge in [0.05, 0.1) is 23.8 Å². The third-order valence-electron chi connectivity index (χ3n) is 1.76. The number of methoxy groups -OCH3 is 1. The molecular weight excluding hydrogens is 239 g/mol. The number of esters is 1. The van der Waals surface area contributed by atoms with Gasteiger partial charge in [-0.15, -0.1) is 0 Å². The zero-order valence-corrected chi connectivity index (χ0v) is 9.85. The Bertz CT molecular complexity index is 377. The molecule has 3 nitrogen and oxygen atoms in total. The van der Waals surface area contributed by atoms with Crippen LogP contribution in [0.25, 0.3) is 0 Å². The first-order valence-electron chi connectivity index (χ1n) is 4.31. The molecule has 1 aromatic carbocycles. The van der Waals surface area contributed by atoms with Gasteiger partial charge in [-0.2, -0.15) is 0 Å². The maximum Gasteiger partial charge on any atom is 0.341 e. The van der Waals surface area contributed by atoms with E-state index in [-0.39, 0.29) is 22.2 Å². The number of carbonyl (C=O) groups excluding carboxylic acids is 1. The van der Waals surface area contributed by atoms with E-state index in [2.05, 4.69) is 0 Å². The van der Waals surface area contributed by atoms with Gasteiger partial charge in [-0.1, -0.05) is 23.2 Å². The minimum atomic E-state index is -0.550. The summed E-state index contributed by atoms with van der Waals surface area (Å²) < 4.78 is 9.80. The molecule has 0 unspecified atom stereocenters. The van der Waals surface area contributed by atoms with Crippen molar-refractivity contribution in [2.75, 3.05) is 13.7 Å². The Hall–Kier alpha value is -0.930.